The fourth-order valence-corrected chi connectivity index (χ4v) is 2.92. The number of fused-ring (bicyclic) bond motifs is 1. The first kappa shape index (κ1) is 14.5. The van der Waals surface area contributed by atoms with E-state index in [0.29, 0.717) is 18.4 Å². The fourth-order valence-electron chi connectivity index (χ4n) is 2.92. The fraction of sp³-hybridized carbons (Fsp3) is 0.467. The van der Waals surface area contributed by atoms with Crippen LogP contribution in [0.4, 0.5) is 0 Å². The SMILES string of the molecule is CC1CCC(C(=O)O)CN1C(=O)c1ccc2nnn(C)c2c1. The van der Waals surface area contributed by atoms with Gasteiger partial charge in [-0.15, -0.1) is 5.10 Å². The monoisotopic (exact) mass is 302 g/mol. The lowest BCUT2D eigenvalue weighted by Gasteiger charge is -2.36. The van der Waals surface area contributed by atoms with Gasteiger partial charge in [0.2, 0.25) is 0 Å². The number of aromatic nitrogens is 3. The Kier molecular flexibility index (Phi) is 3.56. The molecule has 3 rings (SSSR count). The van der Waals surface area contributed by atoms with Crippen LogP contribution in [0.15, 0.2) is 18.2 Å². The molecular formula is C15H18N4O3. The minimum atomic E-state index is -0.837. The van der Waals surface area contributed by atoms with Gasteiger partial charge < -0.3 is 10.0 Å². The first-order valence-electron chi connectivity index (χ1n) is 7.30. The van der Waals surface area contributed by atoms with Crippen LogP contribution in [0.25, 0.3) is 11.0 Å². The molecule has 0 bridgehead atoms. The zero-order valence-corrected chi connectivity index (χ0v) is 12.6. The Bertz CT molecular complexity index is 739. The second-order valence-corrected chi connectivity index (χ2v) is 5.84. The molecule has 1 fully saturated rings. The van der Waals surface area contributed by atoms with Gasteiger partial charge in [-0.25, -0.2) is 4.68 Å². The largest absolute Gasteiger partial charge is 0.481 e. The van der Waals surface area contributed by atoms with Crippen molar-refractivity contribution in [3.63, 3.8) is 0 Å². The smallest absolute Gasteiger partial charge is 0.308 e. The van der Waals surface area contributed by atoms with E-state index in [4.69, 9.17) is 0 Å². The highest BCUT2D eigenvalue weighted by Gasteiger charge is 2.33. The predicted octanol–water partition coefficient (Wildman–Crippen LogP) is 1.29. The van der Waals surface area contributed by atoms with Gasteiger partial charge in [0.25, 0.3) is 5.91 Å². The molecular weight excluding hydrogens is 284 g/mol. The second kappa shape index (κ2) is 5.40. The van der Waals surface area contributed by atoms with E-state index in [0.717, 1.165) is 11.0 Å². The highest BCUT2D eigenvalue weighted by Crippen LogP contribution is 2.24. The van der Waals surface area contributed by atoms with E-state index in [1.807, 2.05) is 6.92 Å². The van der Waals surface area contributed by atoms with Gasteiger partial charge in [0.05, 0.1) is 11.4 Å². The summed E-state index contributed by atoms with van der Waals surface area (Å²) in [4.78, 5) is 25.6. The maximum atomic E-state index is 12.7. The van der Waals surface area contributed by atoms with Crippen molar-refractivity contribution in [2.24, 2.45) is 13.0 Å². The van der Waals surface area contributed by atoms with Crippen LogP contribution in [0, 0.1) is 5.92 Å². The first-order chi connectivity index (χ1) is 10.5. The van der Waals surface area contributed by atoms with Crippen LogP contribution in [-0.2, 0) is 11.8 Å². The molecule has 22 heavy (non-hydrogen) atoms. The Hall–Kier alpha value is -2.44. The second-order valence-electron chi connectivity index (χ2n) is 5.84. The molecule has 0 aliphatic carbocycles. The zero-order chi connectivity index (χ0) is 15.9. The summed E-state index contributed by atoms with van der Waals surface area (Å²) in [7, 11) is 1.77. The Labute approximate surface area is 127 Å². The number of amides is 1. The molecule has 1 amide bonds. The number of hydrogen-bond acceptors (Lipinski definition) is 4. The highest BCUT2D eigenvalue weighted by molar-refractivity contribution is 5.97. The summed E-state index contributed by atoms with van der Waals surface area (Å²) in [6, 6.07) is 5.29. The summed E-state index contributed by atoms with van der Waals surface area (Å²) in [5, 5.41) is 17.1. The van der Waals surface area contributed by atoms with Crippen LogP contribution in [0.5, 0.6) is 0 Å². The van der Waals surface area contributed by atoms with Gasteiger partial charge in [-0.2, -0.15) is 0 Å². The number of piperidine rings is 1. The number of aryl methyl sites for hydroxylation is 1. The maximum absolute atomic E-state index is 12.7. The van der Waals surface area contributed by atoms with Crippen molar-refractivity contribution in [3.8, 4) is 0 Å². The van der Waals surface area contributed by atoms with Crippen molar-refractivity contribution in [2.45, 2.75) is 25.8 Å². The Morgan fingerprint density at radius 1 is 1.32 bits per heavy atom. The maximum Gasteiger partial charge on any atom is 0.308 e. The third-order valence-corrected chi connectivity index (χ3v) is 4.35. The van der Waals surface area contributed by atoms with Crippen LogP contribution in [-0.4, -0.2) is 49.5 Å². The molecule has 2 heterocycles. The molecule has 7 nitrogen and oxygen atoms in total. The number of nitrogens with zero attached hydrogens (tertiary/aromatic N) is 4. The minimum Gasteiger partial charge on any atom is -0.481 e. The summed E-state index contributed by atoms with van der Waals surface area (Å²) < 4.78 is 1.62. The zero-order valence-electron chi connectivity index (χ0n) is 12.6. The quantitative estimate of drug-likeness (QED) is 0.903. The van der Waals surface area contributed by atoms with Gasteiger partial charge in [-0.1, -0.05) is 5.21 Å². The van der Waals surface area contributed by atoms with Crippen molar-refractivity contribution in [1.29, 1.82) is 0 Å². The average Bonchev–Trinajstić information content (AvgIpc) is 2.88. The van der Waals surface area contributed by atoms with Crippen molar-refractivity contribution in [3.05, 3.63) is 23.8 Å². The number of carboxylic acid groups (broad SMARTS) is 1. The Balaban J connectivity index is 1.90. The minimum absolute atomic E-state index is 0.0449. The van der Waals surface area contributed by atoms with E-state index in [1.165, 1.54) is 0 Å². The van der Waals surface area contributed by atoms with Crippen LogP contribution < -0.4 is 0 Å². The molecule has 116 valence electrons. The van der Waals surface area contributed by atoms with E-state index in [-0.39, 0.29) is 18.5 Å². The van der Waals surface area contributed by atoms with Gasteiger partial charge in [0, 0.05) is 25.2 Å². The molecule has 1 aromatic carbocycles. The molecule has 2 aromatic rings. The summed E-state index contributed by atoms with van der Waals surface area (Å²) >= 11 is 0. The normalized spacial score (nSPS) is 22.0. The van der Waals surface area contributed by atoms with E-state index in [9.17, 15) is 14.7 Å². The summed E-state index contributed by atoms with van der Waals surface area (Å²) in [5.74, 6) is -1.46. The van der Waals surface area contributed by atoms with Gasteiger partial charge in [-0.3, -0.25) is 9.59 Å². The molecule has 1 saturated heterocycles. The Morgan fingerprint density at radius 2 is 2.09 bits per heavy atom. The molecule has 1 aliphatic heterocycles. The van der Waals surface area contributed by atoms with Crippen molar-refractivity contribution >= 4 is 22.9 Å². The number of aliphatic carboxylic acids is 1. The number of carbonyl (C=O) groups excluding carboxylic acids is 1. The summed E-state index contributed by atoms with van der Waals surface area (Å²) in [6.45, 7) is 2.22. The van der Waals surface area contributed by atoms with Gasteiger partial charge in [0.1, 0.15) is 5.52 Å². The highest BCUT2D eigenvalue weighted by atomic mass is 16.4. The van der Waals surface area contributed by atoms with E-state index in [2.05, 4.69) is 10.3 Å². The first-order valence-corrected chi connectivity index (χ1v) is 7.30. The lowest BCUT2D eigenvalue weighted by Crippen LogP contribution is -2.47. The lowest BCUT2D eigenvalue weighted by atomic mass is 9.93. The summed E-state index contributed by atoms with van der Waals surface area (Å²) in [5.41, 5.74) is 2.05. The van der Waals surface area contributed by atoms with E-state index in [1.54, 1.807) is 34.8 Å². The van der Waals surface area contributed by atoms with Crippen LogP contribution in [0.2, 0.25) is 0 Å². The van der Waals surface area contributed by atoms with E-state index >= 15 is 0 Å². The number of carboxylic acids is 1. The van der Waals surface area contributed by atoms with Crippen molar-refractivity contribution in [2.75, 3.05) is 6.54 Å². The molecule has 1 aliphatic rings. The number of benzene rings is 1. The molecule has 1 N–H and O–H groups in total. The third kappa shape index (κ3) is 2.43. The van der Waals surface area contributed by atoms with Gasteiger partial charge >= 0.3 is 5.97 Å². The van der Waals surface area contributed by atoms with Gasteiger partial charge in [-0.05, 0) is 38.0 Å². The summed E-state index contributed by atoms with van der Waals surface area (Å²) in [6.07, 6.45) is 1.32. The number of rotatable bonds is 2. The molecule has 0 spiro atoms. The molecule has 0 saturated carbocycles. The molecule has 1 aromatic heterocycles. The number of likely N-dealkylation sites (tertiary alicyclic amines) is 1. The lowest BCUT2D eigenvalue weighted by molar-refractivity contribution is -0.143. The van der Waals surface area contributed by atoms with E-state index < -0.39 is 11.9 Å². The molecule has 2 unspecified atom stereocenters. The van der Waals surface area contributed by atoms with Crippen molar-refractivity contribution < 1.29 is 14.7 Å². The van der Waals surface area contributed by atoms with Crippen LogP contribution >= 0.6 is 0 Å². The number of carbonyl (C=O) groups is 2. The third-order valence-electron chi connectivity index (χ3n) is 4.35. The topological polar surface area (TPSA) is 88.3 Å². The standard InChI is InChI=1S/C15H18N4O3/c1-9-3-4-11(15(21)22)8-19(9)14(20)10-5-6-12-13(7-10)18(2)17-16-12/h5-7,9,11H,3-4,8H2,1-2H3,(H,21,22). The van der Waals surface area contributed by atoms with Crippen molar-refractivity contribution in [1.82, 2.24) is 19.9 Å². The van der Waals surface area contributed by atoms with Gasteiger partial charge in [0.15, 0.2) is 0 Å². The molecule has 7 heteroatoms. The molecule has 2 atom stereocenters. The predicted molar refractivity (Wildman–Crippen MR) is 79.4 cm³/mol. The Morgan fingerprint density at radius 3 is 2.82 bits per heavy atom. The molecule has 0 radical (unpaired) electrons. The number of hydrogen-bond donors (Lipinski definition) is 1. The van der Waals surface area contributed by atoms with Crippen LogP contribution in [0.1, 0.15) is 30.1 Å². The average molecular weight is 302 g/mol. The van der Waals surface area contributed by atoms with Crippen LogP contribution in [0.3, 0.4) is 0 Å².